The molecule has 21 heavy (non-hydrogen) atoms. The van der Waals surface area contributed by atoms with Gasteiger partial charge in [-0.2, -0.15) is 0 Å². The normalized spacial score (nSPS) is 24.5. The number of rotatable bonds is 2. The van der Waals surface area contributed by atoms with Gasteiger partial charge in [-0.25, -0.2) is 0 Å². The van der Waals surface area contributed by atoms with Crippen LogP contribution in [0.15, 0.2) is 18.2 Å². The first kappa shape index (κ1) is 15.1. The van der Waals surface area contributed by atoms with Crippen molar-refractivity contribution in [3.63, 3.8) is 0 Å². The zero-order chi connectivity index (χ0) is 15.0. The highest BCUT2D eigenvalue weighted by Crippen LogP contribution is 2.46. The molecule has 0 bridgehead atoms. The molecule has 1 amide bonds. The lowest BCUT2D eigenvalue weighted by Crippen LogP contribution is -2.58. The lowest BCUT2D eigenvalue weighted by molar-refractivity contribution is -0.142. The van der Waals surface area contributed by atoms with Crippen LogP contribution in [-0.2, 0) is 10.2 Å². The molecule has 114 valence electrons. The van der Waals surface area contributed by atoms with E-state index in [0.29, 0.717) is 16.1 Å². The van der Waals surface area contributed by atoms with Gasteiger partial charge < -0.3 is 10.2 Å². The molecule has 1 saturated carbocycles. The van der Waals surface area contributed by atoms with Crippen molar-refractivity contribution >= 4 is 29.1 Å². The summed E-state index contributed by atoms with van der Waals surface area (Å²) in [6.07, 6.45) is 2.90. The number of carbonyl (C=O) groups excluding carboxylic acids is 1. The minimum atomic E-state index is -0.384. The number of benzene rings is 1. The zero-order valence-corrected chi connectivity index (χ0v) is 13.7. The quantitative estimate of drug-likeness (QED) is 0.904. The van der Waals surface area contributed by atoms with Gasteiger partial charge in [0.25, 0.3) is 0 Å². The monoisotopic (exact) mass is 326 g/mol. The Morgan fingerprint density at radius 1 is 1.33 bits per heavy atom. The van der Waals surface area contributed by atoms with Gasteiger partial charge in [-0.1, -0.05) is 35.7 Å². The van der Waals surface area contributed by atoms with Crippen molar-refractivity contribution in [2.75, 3.05) is 19.6 Å². The summed E-state index contributed by atoms with van der Waals surface area (Å²) in [5, 5.41) is 4.45. The maximum absolute atomic E-state index is 13.1. The third kappa shape index (κ3) is 2.67. The summed E-state index contributed by atoms with van der Waals surface area (Å²) in [6.45, 7) is 4.55. The Kier molecular flexibility index (Phi) is 4.17. The van der Waals surface area contributed by atoms with Crippen molar-refractivity contribution < 1.29 is 4.79 Å². The average molecular weight is 327 g/mol. The van der Waals surface area contributed by atoms with Gasteiger partial charge >= 0.3 is 0 Å². The van der Waals surface area contributed by atoms with E-state index in [2.05, 4.69) is 12.2 Å². The molecule has 1 N–H and O–H groups in total. The van der Waals surface area contributed by atoms with Crippen LogP contribution < -0.4 is 5.32 Å². The number of nitrogens with one attached hydrogen (secondary N) is 1. The summed E-state index contributed by atoms with van der Waals surface area (Å²) in [7, 11) is 0. The van der Waals surface area contributed by atoms with Crippen LogP contribution in [0.1, 0.15) is 31.7 Å². The lowest BCUT2D eigenvalue weighted by Gasteiger charge is -2.46. The molecule has 1 aromatic rings. The molecule has 1 aromatic carbocycles. The summed E-state index contributed by atoms with van der Waals surface area (Å²) in [4.78, 5) is 15.1. The molecule has 1 heterocycles. The first-order valence-corrected chi connectivity index (χ1v) is 8.27. The van der Waals surface area contributed by atoms with E-state index in [1.54, 1.807) is 6.07 Å². The molecule has 0 spiro atoms. The second-order valence-electron chi connectivity index (χ2n) is 6.17. The van der Waals surface area contributed by atoms with Crippen molar-refractivity contribution in [1.29, 1.82) is 0 Å². The Bertz CT molecular complexity index is 557. The molecule has 2 fully saturated rings. The Labute approximate surface area is 135 Å². The molecule has 1 aliphatic heterocycles. The third-order valence-electron chi connectivity index (χ3n) is 4.74. The highest BCUT2D eigenvalue weighted by molar-refractivity contribution is 6.42. The van der Waals surface area contributed by atoms with Crippen LogP contribution in [0.4, 0.5) is 0 Å². The number of amides is 1. The van der Waals surface area contributed by atoms with Gasteiger partial charge in [0.15, 0.2) is 0 Å². The molecule has 1 atom stereocenters. The Morgan fingerprint density at radius 3 is 2.67 bits per heavy atom. The van der Waals surface area contributed by atoms with Crippen molar-refractivity contribution in [2.24, 2.45) is 0 Å². The van der Waals surface area contributed by atoms with Crippen LogP contribution in [0, 0.1) is 0 Å². The van der Waals surface area contributed by atoms with Crippen LogP contribution in [0.5, 0.6) is 0 Å². The number of hydrogen-bond donors (Lipinski definition) is 1. The third-order valence-corrected chi connectivity index (χ3v) is 5.48. The second kappa shape index (κ2) is 5.79. The summed E-state index contributed by atoms with van der Waals surface area (Å²) in [5.41, 5.74) is 0.630. The van der Waals surface area contributed by atoms with Gasteiger partial charge in [0.05, 0.1) is 15.5 Å². The number of piperazine rings is 1. The largest absolute Gasteiger partial charge is 0.339 e. The average Bonchev–Trinajstić information content (AvgIpc) is 2.41. The number of halogens is 2. The zero-order valence-electron chi connectivity index (χ0n) is 12.2. The number of carbonyl (C=O) groups is 1. The smallest absolute Gasteiger partial charge is 0.233 e. The molecular weight excluding hydrogens is 307 g/mol. The molecule has 1 aliphatic carbocycles. The van der Waals surface area contributed by atoms with E-state index in [4.69, 9.17) is 23.2 Å². The highest BCUT2D eigenvalue weighted by atomic mass is 35.5. The summed E-state index contributed by atoms with van der Waals surface area (Å²) in [6, 6.07) is 5.98. The first-order valence-electron chi connectivity index (χ1n) is 7.51. The molecule has 1 unspecified atom stereocenters. The van der Waals surface area contributed by atoms with Crippen molar-refractivity contribution in [1.82, 2.24) is 10.2 Å². The Morgan fingerprint density at radius 2 is 2.10 bits per heavy atom. The number of nitrogens with zero attached hydrogens (tertiary/aromatic N) is 1. The maximum Gasteiger partial charge on any atom is 0.233 e. The van der Waals surface area contributed by atoms with Gasteiger partial charge in [-0.05, 0) is 37.5 Å². The van der Waals surface area contributed by atoms with Crippen LogP contribution >= 0.6 is 23.2 Å². The standard InChI is InChI=1S/C16H20Cl2N2O/c1-11-10-20(8-7-19-11)15(21)16(5-2-6-16)12-3-4-13(17)14(18)9-12/h3-4,9,11,19H,2,5-8,10H2,1H3. The SMILES string of the molecule is CC1CN(C(=O)C2(c3ccc(Cl)c(Cl)c3)CCC2)CCN1. The predicted molar refractivity (Wildman–Crippen MR) is 86.0 cm³/mol. The van der Waals surface area contributed by atoms with E-state index in [0.717, 1.165) is 44.5 Å². The van der Waals surface area contributed by atoms with Gasteiger partial charge in [0, 0.05) is 25.7 Å². The van der Waals surface area contributed by atoms with Gasteiger partial charge in [-0.3, -0.25) is 4.79 Å². The molecular formula is C16H20Cl2N2O. The fourth-order valence-corrected chi connectivity index (χ4v) is 3.67. The van der Waals surface area contributed by atoms with Crippen LogP contribution in [0.3, 0.4) is 0 Å². The van der Waals surface area contributed by atoms with Crippen LogP contribution in [-0.4, -0.2) is 36.5 Å². The highest BCUT2D eigenvalue weighted by Gasteiger charge is 2.48. The topological polar surface area (TPSA) is 32.3 Å². The minimum absolute atomic E-state index is 0.250. The molecule has 5 heteroatoms. The van der Waals surface area contributed by atoms with E-state index in [-0.39, 0.29) is 11.3 Å². The van der Waals surface area contributed by atoms with Gasteiger partial charge in [-0.15, -0.1) is 0 Å². The van der Waals surface area contributed by atoms with Crippen LogP contribution in [0.25, 0.3) is 0 Å². The molecule has 2 aliphatic rings. The molecule has 0 aromatic heterocycles. The molecule has 1 saturated heterocycles. The molecule has 3 rings (SSSR count). The molecule has 3 nitrogen and oxygen atoms in total. The summed E-state index contributed by atoms with van der Waals surface area (Å²) in [5.74, 6) is 0.250. The molecule has 0 radical (unpaired) electrons. The Hall–Kier alpha value is -0.770. The summed E-state index contributed by atoms with van der Waals surface area (Å²) >= 11 is 12.2. The van der Waals surface area contributed by atoms with E-state index in [9.17, 15) is 4.79 Å². The second-order valence-corrected chi connectivity index (χ2v) is 6.99. The van der Waals surface area contributed by atoms with E-state index in [1.165, 1.54) is 0 Å². The minimum Gasteiger partial charge on any atom is -0.339 e. The van der Waals surface area contributed by atoms with Crippen molar-refractivity contribution in [3.8, 4) is 0 Å². The Balaban J connectivity index is 1.88. The predicted octanol–water partition coefficient (Wildman–Crippen LogP) is 3.24. The lowest BCUT2D eigenvalue weighted by atomic mass is 9.63. The first-order chi connectivity index (χ1) is 10.0. The maximum atomic E-state index is 13.1. The van der Waals surface area contributed by atoms with Crippen molar-refractivity contribution in [2.45, 2.75) is 37.6 Å². The van der Waals surface area contributed by atoms with Crippen molar-refractivity contribution in [3.05, 3.63) is 33.8 Å². The fourth-order valence-electron chi connectivity index (χ4n) is 3.37. The number of hydrogen-bond acceptors (Lipinski definition) is 2. The van der Waals surface area contributed by atoms with Gasteiger partial charge in [0.1, 0.15) is 0 Å². The van der Waals surface area contributed by atoms with E-state index < -0.39 is 0 Å². The van der Waals surface area contributed by atoms with Gasteiger partial charge in [0.2, 0.25) is 5.91 Å². The van der Waals surface area contributed by atoms with Crippen LogP contribution in [0.2, 0.25) is 10.0 Å². The van der Waals surface area contributed by atoms with E-state index >= 15 is 0 Å². The fraction of sp³-hybridized carbons (Fsp3) is 0.562. The summed E-state index contributed by atoms with van der Waals surface area (Å²) < 4.78 is 0. The van der Waals surface area contributed by atoms with E-state index in [1.807, 2.05) is 17.0 Å².